The zero-order chi connectivity index (χ0) is 12.4. The Morgan fingerprint density at radius 3 is 2.56 bits per heavy atom. The number of piperazine rings is 1. The van der Waals surface area contributed by atoms with E-state index in [1.807, 2.05) is 0 Å². The highest BCUT2D eigenvalue weighted by Gasteiger charge is 2.38. The molecule has 18 heavy (non-hydrogen) atoms. The van der Waals surface area contributed by atoms with Crippen molar-refractivity contribution in [1.29, 1.82) is 0 Å². The van der Waals surface area contributed by atoms with Gasteiger partial charge in [-0.05, 0) is 38.6 Å². The van der Waals surface area contributed by atoms with Crippen molar-refractivity contribution in [2.24, 2.45) is 5.92 Å². The first-order valence-electron chi connectivity index (χ1n) is 8.27. The van der Waals surface area contributed by atoms with Crippen LogP contribution in [0.5, 0.6) is 0 Å². The predicted molar refractivity (Wildman–Crippen MR) is 76.8 cm³/mol. The first-order valence-corrected chi connectivity index (χ1v) is 8.27. The molecule has 1 spiro atoms. The van der Waals surface area contributed by atoms with E-state index in [1.54, 1.807) is 0 Å². The minimum Gasteiger partial charge on any atom is -0.308 e. The van der Waals surface area contributed by atoms with Gasteiger partial charge in [-0.3, -0.25) is 4.90 Å². The zero-order valence-electron chi connectivity index (χ0n) is 12.1. The lowest BCUT2D eigenvalue weighted by atomic mass is 9.79. The van der Waals surface area contributed by atoms with Crippen LogP contribution >= 0.6 is 0 Å². The summed E-state index contributed by atoms with van der Waals surface area (Å²) >= 11 is 0. The second-order valence-corrected chi connectivity index (χ2v) is 7.13. The van der Waals surface area contributed by atoms with E-state index >= 15 is 0 Å². The largest absolute Gasteiger partial charge is 0.308 e. The van der Waals surface area contributed by atoms with Crippen LogP contribution in [0.1, 0.15) is 64.7 Å². The molecule has 0 amide bonds. The lowest BCUT2D eigenvalue weighted by Crippen LogP contribution is -2.64. The van der Waals surface area contributed by atoms with Gasteiger partial charge >= 0.3 is 0 Å². The molecule has 3 aliphatic rings. The minimum absolute atomic E-state index is 0.490. The Bertz CT molecular complexity index is 266. The highest BCUT2D eigenvalue weighted by Crippen LogP contribution is 2.33. The highest BCUT2D eigenvalue weighted by atomic mass is 15.2. The van der Waals surface area contributed by atoms with Gasteiger partial charge in [-0.2, -0.15) is 0 Å². The van der Waals surface area contributed by atoms with E-state index in [1.165, 1.54) is 77.4 Å². The maximum absolute atomic E-state index is 3.89. The SMILES string of the molecule is CC1CNC2(CCCCC2)CN1CCC1CCC1. The molecule has 0 aromatic carbocycles. The van der Waals surface area contributed by atoms with Crippen molar-refractivity contribution >= 4 is 0 Å². The summed E-state index contributed by atoms with van der Waals surface area (Å²) in [6.07, 6.45) is 13.1. The molecule has 0 aromatic heterocycles. The van der Waals surface area contributed by atoms with Crippen LogP contribution in [-0.4, -0.2) is 36.1 Å². The van der Waals surface area contributed by atoms with Gasteiger partial charge in [0.1, 0.15) is 0 Å². The van der Waals surface area contributed by atoms with Gasteiger partial charge in [0, 0.05) is 24.7 Å². The zero-order valence-corrected chi connectivity index (χ0v) is 12.1. The van der Waals surface area contributed by atoms with E-state index in [9.17, 15) is 0 Å². The number of hydrogen-bond acceptors (Lipinski definition) is 2. The van der Waals surface area contributed by atoms with Crippen molar-refractivity contribution < 1.29 is 0 Å². The molecule has 0 bridgehead atoms. The molecule has 2 heteroatoms. The lowest BCUT2D eigenvalue weighted by molar-refractivity contribution is 0.0552. The average molecular weight is 250 g/mol. The summed E-state index contributed by atoms with van der Waals surface area (Å²) in [6.45, 7) is 6.30. The molecule has 3 rings (SSSR count). The van der Waals surface area contributed by atoms with Crippen molar-refractivity contribution in [2.75, 3.05) is 19.6 Å². The predicted octanol–water partition coefficient (Wildman–Crippen LogP) is 3.17. The van der Waals surface area contributed by atoms with E-state index in [0.717, 1.165) is 12.0 Å². The fourth-order valence-corrected chi connectivity index (χ4v) is 4.09. The highest BCUT2D eigenvalue weighted by molar-refractivity contribution is 4.98. The summed E-state index contributed by atoms with van der Waals surface area (Å²) < 4.78 is 0. The number of nitrogens with zero attached hydrogens (tertiary/aromatic N) is 1. The molecule has 2 saturated carbocycles. The summed E-state index contributed by atoms with van der Waals surface area (Å²) in [7, 11) is 0. The van der Waals surface area contributed by atoms with Crippen molar-refractivity contribution in [3.63, 3.8) is 0 Å². The first kappa shape index (κ1) is 12.9. The Balaban J connectivity index is 1.53. The van der Waals surface area contributed by atoms with Crippen LogP contribution in [-0.2, 0) is 0 Å². The van der Waals surface area contributed by atoms with Gasteiger partial charge in [0.05, 0.1) is 0 Å². The van der Waals surface area contributed by atoms with E-state index < -0.39 is 0 Å². The van der Waals surface area contributed by atoms with Gasteiger partial charge in [0.15, 0.2) is 0 Å². The molecular weight excluding hydrogens is 220 g/mol. The molecule has 1 N–H and O–H groups in total. The van der Waals surface area contributed by atoms with E-state index in [4.69, 9.17) is 0 Å². The van der Waals surface area contributed by atoms with Crippen LogP contribution in [0.4, 0.5) is 0 Å². The summed E-state index contributed by atoms with van der Waals surface area (Å²) in [5, 5.41) is 3.89. The van der Waals surface area contributed by atoms with Crippen molar-refractivity contribution in [3.8, 4) is 0 Å². The molecule has 3 fully saturated rings. The van der Waals surface area contributed by atoms with Crippen molar-refractivity contribution in [1.82, 2.24) is 10.2 Å². The normalized spacial score (nSPS) is 33.5. The molecule has 1 unspecified atom stereocenters. The standard InChI is InChI=1S/C16H30N2/c1-14-12-17-16(9-3-2-4-10-16)13-18(14)11-8-15-6-5-7-15/h14-15,17H,2-13H2,1H3. The molecule has 2 aliphatic carbocycles. The quantitative estimate of drug-likeness (QED) is 0.827. The van der Waals surface area contributed by atoms with Crippen LogP contribution in [0, 0.1) is 5.92 Å². The molecular formula is C16H30N2. The fraction of sp³-hybridized carbons (Fsp3) is 1.00. The Hall–Kier alpha value is -0.0800. The molecule has 0 radical (unpaired) electrons. The molecule has 104 valence electrons. The third-order valence-corrected chi connectivity index (χ3v) is 5.76. The summed E-state index contributed by atoms with van der Waals surface area (Å²) in [4.78, 5) is 2.79. The Kier molecular flexibility index (Phi) is 3.95. The van der Waals surface area contributed by atoms with Gasteiger partial charge < -0.3 is 5.32 Å². The molecule has 1 heterocycles. The van der Waals surface area contributed by atoms with Crippen molar-refractivity contribution in [2.45, 2.75) is 76.3 Å². The Labute approximate surface area is 113 Å². The maximum Gasteiger partial charge on any atom is 0.0309 e. The third kappa shape index (κ3) is 2.75. The molecule has 1 aliphatic heterocycles. The molecule has 0 aromatic rings. The fourth-order valence-electron chi connectivity index (χ4n) is 4.09. The van der Waals surface area contributed by atoms with Crippen LogP contribution in [0.25, 0.3) is 0 Å². The summed E-state index contributed by atoms with van der Waals surface area (Å²) in [5.41, 5.74) is 0.490. The van der Waals surface area contributed by atoms with Crippen LogP contribution in [0.3, 0.4) is 0 Å². The summed E-state index contributed by atoms with van der Waals surface area (Å²) in [5.74, 6) is 1.06. The topological polar surface area (TPSA) is 15.3 Å². The van der Waals surface area contributed by atoms with Crippen LogP contribution < -0.4 is 5.32 Å². The number of nitrogens with one attached hydrogen (secondary N) is 1. The van der Waals surface area contributed by atoms with Gasteiger partial charge in [0.25, 0.3) is 0 Å². The van der Waals surface area contributed by atoms with Gasteiger partial charge in [0.2, 0.25) is 0 Å². The smallest absolute Gasteiger partial charge is 0.0309 e. The second-order valence-electron chi connectivity index (χ2n) is 7.13. The van der Waals surface area contributed by atoms with Gasteiger partial charge in [-0.15, -0.1) is 0 Å². The molecule has 2 nitrogen and oxygen atoms in total. The van der Waals surface area contributed by atoms with Gasteiger partial charge in [-0.1, -0.05) is 38.5 Å². The van der Waals surface area contributed by atoms with Crippen molar-refractivity contribution in [3.05, 3.63) is 0 Å². The lowest BCUT2D eigenvalue weighted by Gasteiger charge is -2.49. The molecule has 1 atom stereocenters. The first-order chi connectivity index (χ1) is 8.77. The monoisotopic (exact) mass is 250 g/mol. The minimum atomic E-state index is 0.490. The Morgan fingerprint density at radius 1 is 1.11 bits per heavy atom. The van der Waals surface area contributed by atoms with Crippen LogP contribution in [0.15, 0.2) is 0 Å². The average Bonchev–Trinajstić information content (AvgIpc) is 2.33. The summed E-state index contributed by atoms with van der Waals surface area (Å²) in [6, 6.07) is 0.748. The van der Waals surface area contributed by atoms with E-state index in [2.05, 4.69) is 17.1 Å². The van der Waals surface area contributed by atoms with E-state index in [-0.39, 0.29) is 0 Å². The molecule has 1 saturated heterocycles. The number of rotatable bonds is 3. The number of hydrogen-bond donors (Lipinski definition) is 1. The second kappa shape index (κ2) is 5.50. The van der Waals surface area contributed by atoms with Gasteiger partial charge in [-0.25, -0.2) is 0 Å². The maximum atomic E-state index is 3.89. The van der Waals surface area contributed by atoms with E-state index in [0.29, 0.717) is 5.54 Å². The van der Waals surface area contributed by atoms with Crippen LogP contribution in [0.2, 0.25) is 0 Å². The third-order valence-electron chi connectivity index (χ3n) is 5.76. The Morgan fingerprint density at radius 2 is 1.89 bits per heavy atom.